The molecule has 2 aliphatic heterocycles. The van der Waals surface area contributed by atoms with Gasteiger partial charge in [-0.05, 0) is 67.6 Å². The number of rotatable bonds is 7. The minimum Gasteiger partial charge on any atom is -0.308 e. The molecular weight excluding hydrogens is 590 g/mol. The molecule has 0 amide bonds. The predicted molar refractivity (Wildman–Crippen MR) is 152 cm³/mol. The SMILES string of the molecule is O=c1[nH]c(C2CCN(S(=O)(=O)c3ccc(S(=O)(=O)N4CCCC4)cc3)CC2)nc2c1nnn2Cc1cccc(Cl)c1. The van der Waals surface area contributed by atoms with Crippen LogP contribution in [0.2, 0.25) is 5.02 Å². The number of aromatic amines is 1. The molecule has 0 bridgehead atoms. The van der Waals surface area contributed by atoms with Crippen molar-refractivity contribution in [2.45, 2.75) is 47.9 Å². The van der Waals surface area contributed by atoms with Crippen LogP contribution < -0.4 is 5.56 Å². The Labute approximate surface area is 242 Å². The van der Waals surface area contributed by atoms with Crippen molar-refractivity contribution in [2.24, 2.45) is 0 Å². The van der Waals surface area contributed by atoms with Gasteiger partial charge in [-0.25, -0.2) is 26.5 Å². The first kappa shape index (κ1) is 28.0. The van der Waals surface area contributed by atoms with Gasteiger partial charge in [0, 0.05) is 37.1 Å². The van der Waals surface area contributed by atoms with Gasteiger partial charge in [0.2, 0.25) is 20.0 Å². The molecule has 216 valence electrons. The third-order valence-electron chi connectivity index (χ3n) is 7.62. The molecule has 41 heavy (non-hydrogen) atoms. The molecule has 2 fully saturated rings. The number of fused-ring (bicyclic) bond motifs is 1. The van der Waals surface area contributed by atoms with Crippen LogP contribution in [0.3, 0.4) is 0 Å². The molecule has 0 atom stereocenters. The van der Waals surface area contributed by atoms with E-state index in [1.165, 1.54) is 32.9 Å². The van der Waals surface area contributed by atoms with E-state index in [1.54, 1.807) is 16.8 Å². The van der Waals surface area contributed by atoms with Crippen molar-refractivity contribution < 1.29 is 16.8 Å². The zero-order valence-corrected chi connectivity index (χ0v) is 24.4. The fourth-order valence-electron chi connectivity index (χ4n) is 5.37. The summed E-state index contributed by atoms with van der Waals surface area (Å²) < 4.78 is 56.7. The van der Waals surface area contributed by atoms with Crippen LogP contribution in [0.5, 0.6) is 0 Å². The molecule has 6 rings (SSSR count). The van der Waals surface area contributed by atoms with Gasteiger partial charge in [-0.15, -0.1) is 5.10 Å². The highest BCUT2D eigenvalue weighted by molar-refractivity contribution is 7.89. The molecule has 15 heteroatoms. The average Bonchev–Trinajstić information content (AvgIpc) is 3.65. The maximum atomic E-state index is 13.3. The van der Waals surface area contributed by atoms with E-state index in [9.17, 15) is 21.6 Å². The van der Waals surface area contributed by atoms with Crippen molar-refractivity contribution in [3.05, 3.63) is 75.3 Å². The van der Waals surface area contributed by atoms with E-state index in [0.717, 1.165) is 18.4 Å². The predicted octanol–water partition coefficient (Wildman–Crippen LogP) is 2.57. The van der Waals surface area contributed by atoms with Crippen LogP contribution in [-0.4, -0.2) is 76.6 Å². The van der Waals surface area contributed by atoms with E-state index in [0.29, 0.717) is 49.0 Å². The van der Waals surface area contributed by atoms with Gasteiger partial charge < -0.3 is 4.98 Å². The fraction of sp³-hybridized carbons (Fsp3) is 0.385. The van der Waals surface area contributed by atoms with Crippen LogP contribution in [-0.2, 0) is 26.6 Å². The summed E-state index contributed by atoms with van der Waals surface area (Å²) in [5.41, 5.74) is 0.961. The van der Waals surface area contributed by atoms with E-state index in [2.05, 4.69) is 20.3 Å². The van der Waals surface area contributed by atoms with Crippen LogP contribution in [0.1, 0.15) is 43.0 Å². The summed E-state index contributed by atoms with van der Waals surface area (Å²) in [6, 6.07) is 12.7. The maximum Gasteiger partial charge on any atom is 0.281 e. The highest BCUT2D eigenvalue weighted by Crippen LogP contribution is 2.30. The van der Waals surface area contributed by atoms with Crippen molar-refractivity contribution in [2.75, 3.05) is 26.2 Å². The number of piperidine rings is 1. The van der Waals surface area contributed by atoms with E-state index < -0.39 is 25.6 Å². The van der Waals surface area contributed by atoms with Gasteiger partial charge in [-0.3, -0.25) is 4.79 Å². The molecule has 4 aromatic rings. The fourth-order valence-corrected chi connectivity index (χ4v) is 8.57. The van der Waals surface area contributed by atoms with Gasteiger partial charge in [0.25, 0.3) is 5.56 Å². The lowest BCUT2D eigenvalue weighted by molar-refractivity contribution is 0.313. The number of hydrogen-bond acceptors (Lipinski definition) is 8. The number of nitrogens with zero attached hydrogens (tertiary/aromatic N) is 6. The number of benzene rings is 2. The maximum absolute atomic E-state index is 13.3. The summed E-state index contributed by atoms with van der Waals surface area (Å²) in [6.07, 6.45) is 2.54. The normalized spacial score (nSPS) is 17.9. The van der Waals surface area contributed by atoms with Gasteiger partial charge in [0.15, 0.2) is 11.2 Å². The van der Waals surface area contributed by atoms with Crippen molar-refractivity contribution in [3.63, 3.8) is 0 Å². The molecule has 2 saturated heterocycles. The van der Waals surface area contributed by atoms with Crippen LogP contribution in [0.4, 0.5) is 0 Å². The largest absolute Gasteiger partial charge is 0.308 e. The third-order valence-corrected chi connectivity index (χ3v) is 11.7. The minimum atomic E-state index is -3.83. The number of nitrogens with one attached hydrogen (secondary N) is 1. The van der Waals surface area contributed by atoms with Crippen molar-refractivity contribution in [1.29, 1.82) is 0 Å². The highest BCUT2D eigenvalue weighted by Gasteiger charge is 2.32. The van der Waals surface area contributed by atoms with Crippen LogP contribution in [0, 0.1) is 0 Å². The summed E-state index contributed by atoms with van der Waals surface area (Å²) in [5, 5.41) is 8.68. The second-order valence-corrected chi connectivity index (χ2v) is 14.6. The number of hydrogen-bond donors (Lipinski definition) is 1. The molecule has 12 nitrogen and oxygen atoms in total. The van der Waals surface area contributed by atoms with Crippen molar-refractivity contribution in [1.82, 2.24) is 33.6 Å². The molecule has 4 heterocycles. The Morgan fingerprint density at radius 3 is 2.10 bits per heavy atom. The summed E-state index contributed by atoms with van der Waals surface area (Å²) in [7, 11) is -7.46. The number of H-pyrrole nitrogens is 1. The van der Waals surface area contributed by atoms with Gasteiger partial charge in [-0.2, -0.15) is 8.61 Å². The molecule has 2 aliphatic rings. The monoisotopic (exact) mass is 617 g/mol. The lowest BCUT2D eigenvalue weighted by atomic mass is 9.97. The molecule has 2 aromatic heterocycles. The quantitative estimate of drug-likeness (QED) is 0.332. The zero-order chi connectivity index (χ0) is 28.8. The van der Waals surface area contributed by atoms with Crippen molar-refractivity contribution in [3.8, 4) is 0 Å². The summed E-state index contributed by atoms with van der Waals surface area (Å²) in [5.74, 6) is 0.298. The standard InChI is InChI=1S/C26H28ClN7O5S2/c27-20-5-3-4-18(16-20)17-34-25-23(30-31-34)26(35)29-24(28-25)19-10-14-33(15-11-19)41(38,39)22-8-6-21(7-9-22)40(36,37)32-12-1-2-13-32/h3-9,16,19H,1-2,10-15,17H2,(H,28,29,35). The number of sulfonamides is 2. The topological polar surface area (TPSA) is 151 Å². The minimum absolute atomic E-state index is 0.0419. The first-order valence-corrected chi connectivity index (χ1v) is 16.6. The van der Waals surface area contributed by atoms with E-state index in [4.69, 9.17) is 11.6 Å². The van der Waals surface area contributed by atoms with Gasteiger partial charge in [0.05, 0.1) is 16.3 Å². The van der Waals surface area contributed by atoms with Crippen LogP contribution in [0.15, 0.2) is 63.1 Å². The Morgan fingerprint density at radius 2 is 1.49 bits per heavy atom. The first-order valence-electron chi connectivity index (χ1n) is 13.3. The Kier molecular flexibility index (Phi) is 7.44. The molecule has 0 unspecified atom stereocenters. The Balaban J connectivity index is 1.17. The summed E-state index contributed by atoms with van der Waals surface area (Å²) in [4.78, 5) is 20.4. The molecule has 2 aromatic carbocycles. The molecular formula is C26H28ClN7O5S2. The first-order chi connectivity index (χ1) is 19.6. The molecule has 0 radical (unpaired) electrons. The molecule has 0 aliphatic carbocycles. The van der Waals surface area contributed by atoms with Crippen LogP contribution >= 0.6 is 11.6 Å². The number of aromatic nitrogens is 5. The van der Waals surface area contributed by atoms with Gasteiger partial charge in [-0.1, -0.05) is 28.9 Å². The average molecular weight is 618 g/mol. The zero-order valence-electron chi connectivity index (χ0n) is 22.0. The molecule has 1 N–H and O–H groups in total. The Bertz CT molecular complexity index is 1860. The third kappa shape index (κ3) is 5.42. The lowest BCUT2D eigenvalue weighted by Gasteiger charge is -2.30. The Hall–Kier alpha value is -3.17. The van der Waals surface area contributed by atoms with Gasteiger partial charge in [0.1, 0.15) is 5.82 Å². The Morgan fingerprint density at radius 1 is 0.878 bits per heavy atom. The summed E-state index contributed by atoms with van der Waals surface area (Å²) in [6.45, 7) is 1.74. The smallest absolute Gasteiger partial charge is 0.281 e. The lowest BCUT2D eigenvalue weighted by Crippen LogP contribution is -2.38. The summed E-state index contributed by atoms with van der Waals surface area (Å²) >= 11 is 6.10. The van der Waals surface area contributed by atoms with Crippen molar-refractivity contribution >= 4 is 42.8 Å². The van der Waals surface area contributed by atoms with E-state index >= 15 is 0 Å². The van der Waals surface area contributed by atoms with E-state index in [1.807, 2.05) is 12.1 Å². The second kappa shape index (κ2) is 10.9. The van der Waals surface area contributed by atoms with E-state index in [-0.39, 0.29) is 34.3 Å². The van der Waals surface area contributed by atoms with Crippen LogP contribution in [0.25, 0.3) is 11.2 Å². The second-order valence-electron chi connectivity index (χ2n) is 10.3. The highest BCUT2D eigenvalue weighted by atomic mass is 35.5. The molecule has 0 saturated carbocycles. The van der Waals surface area contributed by atoms with Gasteiger partial charge >= 0.3 is 0 Å². The molecule has 0 spiro atoms. The number of halogens is 1.